The van der Waals surface area contributed by atoms with E-state index >= 15 is 0 Å². The Bertz CT molecular complexity index is 318. The summed E-state index contributed by atoms with van der Waals surface area (Å²) >= 11 is 0. The van der Waals surface area contributed by atoms with Crippen LogP contribution in [0.15, 0.2) is 23.2 Å². The van der Waals surface area contributed by atoms with Crippen molar-refractivity contribution in [2.45, 2.75) is 46.1 Å². The highest BCUT2D eigenvalue weighted by Crippen LogP contribution is 2.30. The molecule has 3 heteroatoms. The molecule has 0 aromatic heterocycles. The van der Waals surface area contributed by atoms with Crippen molar-refractivity contribution in [1.29, 1.82) is 0 Å². The largest absolute Gasteiger partial charge is 0.402 e. The number of nitrogens with two attached hydrogens (primary N) is 1. The first-order valence-electron chi connectivity index (χ1n) is 6.46. The SMILES string of the molecule is CC(CCN(C)C(C)C)C1=C(F)C=C(N)CC1. The zero-order valence-electron chi connectivity index (χ0n) is 11.5. The minimum absolute atomic E-state index is 0.103. The summed E-state index contributed by atoms with van der Waals surface area (Å²) in [6.07, 6.45) is 4.07. The molecule has 2 nitrogen and oxygen atoms in total. The van der Waals surface area contributed by atoms with Gasteiger partial charge in [0.05, 0.1) is 0 Å². The lowest BCUT2D eigenvalue weighted by Crippen LogP contribution is -2.28. The Morgan fingerprint density at radius 3 is 2.53 bits per heavy atom. The third-order valence-corrected chi connectivity index (χ3v) is 3.69. The Morgan fingerprint density at radius 1 is 1.35 bits per heavy atom. The van der Waals surface area contributed by atoms with Gasteiger partial charge in [0.1, 0.15) is 5.83 Å². The molecule has 0 fully saturated rings. The van der Waals surface area contributed by atoms with Crippen LogP contribution in [0.2, 0.25) is 0 Å². The maximum absolute atomic E-state index is 13.7. The second kappa shape index (κ2) is 6.20. The molecule has 0 aromatic rings. The van der Waals surface area contributed by atoms with Crippen molar-refractivity contribution in [3.8, 4) is 0 Å². The zero-order chi connectivity index (χ0) is 13.0. The van der Waals surface area contributed by atoms with E-state index in [1.807, 2.05) is 0 Å². The quantitative estimate of drug-likeness (QED) is 0.799. The molecule has 1 atom stereocenters. The number of hydrogen-bond acceptors (Lipinski definition) is 2. The predicted molar refractivity (Wildman–Crippen MR) is 71.2 cm³/mol. The minimum Gasteiger partial charge on any atom is -0.402 e. The highest BCUT2D eigenvalue weighted by molar-refractivity contribution is 5.29. The van der Waals surface area contributed by atoms with Gasteiger partial charge in [0, 0.05) is 11.7 Å². The van der Waals surface area contributed by atoms with Crippen LogP contribution in [-0.4, -0.2) is 24.5 Å². The van der Waals surface area contributed by atoms with Crippen molar-refractivity contribution in [2.75, 3.05) is 13.6 Å². The fourth-order valence-electron chi connectivity index (χ4n) is 2.04. The van der Waals surface area contributed by atoms with Gasteiger partial charge in [-0.25, -0.2) is 4.39 Å². The summed E-state index contributed by atoms with van der Waals surface area (Å²) in [7, 11) is 2.11. The number of allylic oxidation sites excluding steroid dienone is 4. The van der Waals surface area contributed by atoms with E-state index in [0.29, 0.717) is 17.7 Å². The van der Waals surface area contributed by atoms with Gasteiger partial charge in [0.25, 0.3) is 0 Å². The average Bonchev–Trinajstić information content (AvgIpc) is 2.25. The smallest absolute Gasteiger partial charge is 0.124 e. The summed E-state index contributed by atoms with van der Waals surface area (Å²) < 4.78 is 13.7. The summed E-state index contributed by atoms with van der Waals surface area (Å²) in [5.74, 6) is 0.203. The van der Waals surface area contributed by atoms with Crippen LogP contribution < -0.4 is 5.73 Å². The fraction of sp³-hybridized carbons (Fsp3) is 0.714. The van der Waals surface area contributed by atoms with E-state index in [1.165, 1.54) is 6.08 Å². The fourth-order valence-corrected chi connectivity index (χ4v) is 2.04. The normalized spacial score (nSPS) is 18.9. The zero-order valence-corrected chi connectivity index (χ0v) is 11.5. The average molecular weight is 240 g/mol. The lowest BCUT2D eigenvalue weighted by atomic mass is 9.89. The number of rotatable bonds is 5. The summed E-state index contributed by atoms with van der Waals surface area (Å²) in [4.78, 5) is 2.29. The Morgan fingerprint density at radius 2 is 2.00 bits per heavy atom. The molecule has 0 saturated carbocycles. The van der Waals surface area contributed by atoms with Gasteiger partial charge in [-0.1, -0.05) is 6.92 Å². The molecule has 0 bridgehead atoms. The highest BCUT2D eigenvalue weighted by Gasteiger charge is 2.18. The van der Waals surface area contributed by atoms with Gasteiger partial charge in [-0.2, -0.15) is 0 Å². The van der Waals surface area contributed by atoms with Crippen molar-refractivity contribution in [2.24, 2.45) is 11.7 Å². The van der Waals surface area contributed by atoms with Gasteiger partial charge >= 0.3 is 0 Å². The molecule has 0 saturated heterocycles. The van der Waals surface area contributed by atoms with E-state index in [1.54, 1.807) is 0 Å². The van der Waals surface area contributed by atoms with Crippen molar-refractivity contribution in [3.63, 3.8) is 0 Å². The summed E-state index contributed by atoms with van der Waals surface area (Å²) in [5.41, 5.74) is 7.23. The molecule has 0 amide bonds. The Labute approximate surface area is 104 Å². The van der Waals surface area contributed by atoms with E-state index in [4.69, 9.17) is 5.73 Å². The number of halogens is 1. The van der Waals surface area contributed by atoms with Crippen molar-refractivity contribution in [1.82, 2.24) is 4.90 Å². The molecule has 0 radical (unpaired) electrons. The van der Waals surface area contributed by atoms with E-state index < -0.39 is 0 Å². The molecule has 1 rings (SSSR count). The molecule has 0 aromatic carbocycles. The third-order valence-electron chi connectivity index (χ3n) is 3.69. The van der Waals surface area contributed by atoms with Gasteiger partial charge in [-0.05, 0) is 64.3 Å². The first kappa shape index (κ1) is 14.2. The summed E-state index contributed by atoms with van der Waals surface area (Å²) in [6.45, 7) is 7.47. The first-order chi connectivity index (χ1) is 7.91. The Balaban J connectivity index is 2.53. The first-order valence-corrected chi connectivity index (χ1v) is 6.46. The maximum Gasteiger partial charge on any atom is 0.124 e. The summed E-state index contributed by atoms with van der Waals surface area (Å²) in [5, 5.41) is 0. The molecule has 1 aliphatic rings. The van der Waals surface area contributed by atoms with Crippen LogP contribution in [-0.2, 0) is 0 Å². The lowest BCUT2D eigenvalue weighted by molar-refractivity contribution is 0.258. The molecule has 0 spiro atoms. The van der Waals surface area contributed by atoms with Gasteiger partial charge < -0.3 is 10.6 Å². The van der Waals surface area contributed by atoms with E-state index in [2.05, 4.69) is 32.7 Å². The Kier molecular flexibility index (Phi) is 5.19. The summed E-state index contributed by atoms with van der Waals surface area (Å²) in [6, 6.07) is 0.544. The van der Waals surface area contributed by atoms with Crippen molar-refractivity contribution < 1.29 is 4.39 Å². The lowest BCUT2D eigenvalue weighted by Gasteiger charge is -2.25. The van der Waals surface area contributed by atoms with Gasteiger partial charge in [-0.15, -0.1) is 0 Å². The molecule has 2 N–H and O–H groups in total. The van der Waals surface area contributed by atoms with Gasteiger partial charge in [-0.3, -0.25) is 0 Å². The molecule has 0 aliphatic heterocycles. The van der Waals surface area contributed by atoms with Crippen LogP contribution in [0.25, 0.3) is 0 Å². The molecule has 1 aliphatic carbocycles. The second-order valence-electron chi connectivity index (χ2n) is 5.36. The molecular formula is C14H25FN2. The van der Waals surface area contributed by atoms with E-state index in [9.17, 15) is 4.39 Å². The van der Waals surface area contributed by atoms with E-state index in [0.717, 1.165) is 31.4 Å². The molecule has 17 heavy (non-hydrogen) atoms. The molecular weight excluding hydrogens is 215 g/mol. The van der Waals surface area contributed by atoms with Crippen LogP contribution in [0.3, 0.4) is 0 Å². The highest BCUT2D eigenvalue weighted by atomic mass is 19.1. The van der Waals surface area contributed by atoms with Gasteiger partial charge in [0.15, 0.2) is 0 Å². The second-order valence-corrected chi connectivity index (χ2v) is 5.36. The minimum atomic E-state index is -0.103. The Hall–Kier alpha value is -0.830. The monoisotopic (exact) mass is 240 g/mol. The molecule has 0 heterocycles. The van der Waals surface area contributed by atoms with Crippen LogP contribution in [0.1, 0.15) is 40.0 Å². The van der Waals surface area contributed by atoms with Crippen LogP contribution in [0.4, 0.5) is 4.39 Å². The third kappa shape index (κ3) is 4.15. The number of hydrogen-bond donors (Lipinski definition) is 1. The predicted octanol–water partition coefficient (Wildman–Crippen LogP) is 3.21. The van der Waals surface area contributed by atoms with Crippen LogP contribution in [0, 0.1) is 5.92 Å². The maximum atomic E-state index is 13.7. The van der Waals surface area contributed by atoms with E-state index in [-0.39, 0.29) is 5.83 Å². The van der Waals surface area contributed by atoms with Crippen LogP contribution in [0.5, 0.6) is 0 Å². The molecule has 1 unspecified atom stereocenters. The van der Waals surface area contributed by atoms with Crippen molar-refractivity contribution in [3.05, 3.63) is 23.2 Å². The topological polar surface area (TPSA) is 29.3 Å². The van der Waals surface area contributed by atoms with Crippen LogP contribution >= 0.6 is 0 Å². The number of nitrogens with zero attached hydrogens (tertiary/aromatic N) is 1. The standard InChI is InChI=1S/C14H25FN2/c1-10(2)17(4)8-7-11(3)13-6-5-12(16)9-14(13)15/h9-11H,5-8,16H2,1-4H3. The van der Waals surface area contributed by atoms with Crippen molar-refractivity contribution >= 4 is 0 Å². The van der Waals surface area contributed by atoms with Gasteiger partial charge in [0.2, 0.25) is 0 Å². The molecule has 98 valence electrons.